The van der Waals surface area contributed by atoms with Gasteiger partial charge in [0.2, 0.25) is 0 Å². The maximum atomic E-state index is 10.1. The summed E-state index contributed by atoms with van der Waals surface area (Å²) in [5, 5.41) is 8.62. The second-order valence-corrected chi connectivity index (χ2v) is 3.89. The van der Waals surface area contributed by atoms with Gasteiger partial charge < -0.3 is 38.1 Å². The van der Waals surface area contributed by atoms with Crippen LogP contribution in [0.1, 0.15) is 32.1 Å². The van der Waals surface area contributed by atoms with Crippen molar-refractivity contribution >= 4 is 31.2 Å². The molecule has 106 valence electrons. The van der Waals surface area contributed by atoms with Crippen molar-refractivity contribution in [2.24, 2.45) is 0 Å². The fourth-order valence-electron chi connectivity index (χ4n) is 0.937. The average molecular weight is 451 g/mol. The van der Waals surface area contributed by atoms with Gasteiger partial charge in [-0.3, -0.25) is 4.79 Å². The first kappa shape index (κ1) is 30.1. The Morgan fingerprint density at radius 1 is 1.25 bits per heavy atom. The van der Waals surface area contributed by atoms with Crippen LogP contribution in [0.15, 0.2) is 0 Å². The van der Waals surface area contributed by atoms with E-state index in [1.54, 1.807) is 0 Å². The zero-order valence-corrected chi connectivity index (χ0v) is 13.8. The summed E-state index contributed by atoms with van der Waals surface area (Å²) in [5.41, 5.74) is 0. The summed E-state index contributed by atoms with van der Waals surface area (Å²) in [5.74, 6) is 0.109. The van der Waals surface area contributed by atoms with Crippen molar-refractivity contribution in [2.45, 2.75) is 37.4 Å². The average Bonchev–Trinajstić information content (AvgIpc) is 1.98. The van der Waals surface area contributed by atoms with Gasteiger partial charge >= 0.3 is 5.97 Å². The number of carboxylic acids is 1. The fraction of sp³-hybridized carbons (Fsp3) is 0.700. The molecular formula is C10H23O3PtS2-3. The van der Waals surface area contributed by atoms with Crippen LogP contribution in [0.25, 0.3) is 0 Å². The minimum absolute atomic E-state index is 0. The monoisotopic (exact) mass is 450 g/mol. The molecule has 0 bridgehead atoms. The molecule has 0 fully saturated rings. The van der Waals surface area contributed by atoms with E-state index in [0.29, 0.717) is 0 Å². The van der Waals surface area contributed by atoms with Crippen molar-refractivity contribution in [1.29, 1.82) is 0 Å². The first-order valence-electron chi connectivity index (χ1n) is 4.15. The number of hydrogen-bond acceptors (Lipinski definition) is 3. The van der Waals surface area contributed by atoms with Crippen molar-refractivity contribution in [3.63, 3.8) is 0 Å². The Kier molecular flexibility index (Phi) is 39.8. The molecule has 0 aliphatic rings. The number of rotatable bonds is 7. The van der Waals surface area contributed by atoms with Crippen LogP contribution in [0.4, 0.5) is 0 Å². The molecule has 0 aromatic carbocycles. The van der Waals surface area contributed by atoms with Gasteiger partial charge in [0.25, 0.3) is 0 Å². The number of aliphatic carboxylic acids is 1. The summed E-state index contributed by atoms with van der Waals surface area (Å²) < 4.78 is 0. The first-order chi connectivity index (χ1) is 5.66. The zero-order valence-electron chi connectivity index (χ0n) is 9.85. The predicted molar refractivity (Wildman–Crippen MR) is 72.2 cm³/mol. The van der Waals surface area contributed by atoms with Crippen LogP contribution in [0.3, 0.4) is 0 Å². The van der Waals surface area contributed by atoms with E-state index in [0.717, 1.165) is 31.4 Å². The van der Waals surface area contributed by atoms with Gasteiger partial charge in [0.05, 0.1) is 0 Å². The quantitative estimate of drug-likeness (QED) is 0.270. The van der Waals surface area contributed by atoms with E-state index < -0.39 is 5.97 Å². The smallest absolute Gasteiger partial charge is 0.303 e. The van der Waals surface area contributed by atoms with Crippen LogP contribution in [-0.4, -0.2) is 27.6 Å². The van der Waals surface area contributed by atoms with Crippen LogP contribution < -0.4 is 0 Å². The Labute approximate surface area is 125 Å². The summed E-state index contributed by atoms with van der Waals surface area (Å²) in [6.07, 6.45) is 3.83. The Morgan fingerprint density at radius 2 is 1.75 bits per heavy atom. The van der Waals surface area contributed by atoms with Gasteiger partial charge in [-0.2, -0.15) is 17.9 Å². The molecule has 1 atom stereocenters. The molecule has 3 N–H and O–H groups in total. The Morgan fingerprint density at radius 3 is 2.12 bits per heavy atom. The molecule has 1 unspecified atom stereocenters. The number of carbonyl (C=O) groups is 1. The molecule has 0 aromatic rings. The van der Waals surface area contributed by atoms with Crippen molar-refractivity contribution in [3.8, 4) is 0 Å². The molecule has 0 saturated carbocycles. The van der Waals surface area contributed by atoms with Crippen molar-refractivity contribution in [1.82, 2.24) is 0 Å². The molecule has 6 heteroatoms. The van der Waals surface area contributed by atoms with Gasteiger partial charge in [-0.1, -0.05) is 19.3 Å². The number of hydrogen-bond donors (Lipinski definition) is 2. The van der Waals surface area contributed by atoms with E-state index >= 15 is 0 Å². The molecule has 0 heterocycles. The summed E-state index contributed by atoms with van der Waals surface area (Å²) in [6.45, 7) is 0. The Balaban J connectivity index is -0.000000101. The molecular weight excluding hydrogens is 427 g/mol. The minimum Gasteiger partial charge on any atom is -0.789 e. The zero-order chi connectivity index (χ0) is 9.40. The second-order valence-electron chi connectivity index (χ2n) is 2.77. The Hall–Kier alpha value is 0.818. The van der Waals surface area contributed by atoms with Crippen LogP contribution in [0.2, 0.25) is 0 Å². The van der Waals surface area contributed by atoms with Crippen LogP contribution in [0, 0.1) is 14.9 Å². The van der Waals surface area contributed by atoms with E-state index in [1.807, 2.05) is 0 Å². The molecule has 0 rings (SSSR count). The van der Waals surface area contributed by atoms with Gasteiger partial charge in [0.1, 0.15) is 0 Å². The normalized spacial score (nSPS) is 9.62. The van der Waals surface area contributed by atoms with Crippen LogP contribution in [-0.2, 0) is 38.5 Å². The van der Waals surface area contributed by atoms with Crippen LogP contribution >= 0.6 is 12.6 Å². The van der Waals surface area contributed by atoms with Gasteiger partial charge in [0.15, 0.2) is 0 Å². The predicted octanol–water partition coefficient (Wildman–Crippen LogP) is 1.94. The van der Waals surface area contributed by atoms with Crippen molar-refractivity contribution in [3.05, 3.63) is 14.9 Å². The van der Waals surface area contributed by atoms with Crippen LogP contribution in [0.5, 0.6) is 0 Å². The molecule has 3 nitrogen and oxygen atoms in total. The first-order valence-corrected chi connectivity index (χ1v) is 5.25. The molecule has 0 amide bonds. The third-order valence-corrected chi connectivity index (χ3v) is 2.35. The second kappa shape index (κ2) is 21.1. The third kappa shape index (κ3) is 24.2. The number of thiol groups is 1. The number of unbranched alkanes of at least 4 members (excludes halogenated alkanes) is 1. The summed E-state index contributed by atoms with van der Waals surface area (Å²) in [7, 11) is 0. The standard InChI is InChI=1S/C8H16O2S2.2CH3.H2O.Pt/c9-8(10)4-2-1-3-7(12)5-6-11;;;;/h7,11-12H,1-6H2,(H,9,10);2*1H3;1H2;/q;2*-1;;/p-1. The van der Waals surface area contributed by atoms with Gasteiger partial charge in [0, 0.05) is 27.5 Å². The molecule has 0 aromatic heterocycles. The minimum atomic E-state index is -0.717. The van der Waals surface area contributed by atoms with Gasteiger partial charge in [-0.15, -0.1) is 0 Å². The summed E-state index contributed by atoms with van der Waals surface area (Å²) in [6, 6.07) is 0. The fourth-order valence-corrected chi connectivity index (χ4v) is 1.71. The number of carboxylic acid groups (broad SMARTS) is 1. The maximum absolute atomic E-state index is 10.1. The molecule has 0 aliphatic carbocycles. The SMILES string of the molecule is O.O=C(O)CCCCC([S-])CCS.[CH3-].[CH3-].[Pt]. The largest absolute Gasteiger partial charge is 0.789 e. The van der Waals surface area contributed by atoms with Gasteiger partial charge in [-0.25, -0.2) is 0 Å². The topological polar surface area (TPSA) is 68.8 Å². The van der Waals surface area contributed by atoms with Crippen molar-refractivity contribution < 1.29 is 36.4 Å². The van der Waals surface area contributed by atoms with E-state index in [4.69, 9.17) is 17.7 Å². The van der Waals surface area contributed by atoms with E-state index in [-0.39, 0.29) is 53.1 Å². The molecule has 0 spiro atoms. The summed E-state index contributed by atoms with van der Waals surface area (Å²) in [4.78, 5) is 10.1. The maximum Gasteiger partial charge on any atom is 0.303 e. The third-order valence-electron chi connectivity index (χ3n) is 1.62. The van der Waals surface area contributed by atoms with E-state index in [9.17, 15) is 4.79 Å². The molecule has 16 heavy (non-hydrogen) atoms. The molecule has 0 aliphatic heterocycles. The van der Waals surface area contributed by atoms with E-state index in [1.165, 1.54) is 0 Å². The molecule has 0 saturated heterocycles. The van der Waals surface area contributed by atoms with Gasteiger partial charge in [-0.05, 0) is 12.2 Å². The Bertz CT molecular complexity index is 137. The summed E-state index contributed by atoms with van der Waals surface area (Å²) >= 11 is 9.20. The molecule has 0 radical (unpaired) electrons. The van der Waals surface area contributed by atoms with E-state index in [2.05, 4.69) is 12.6 Å². The van der Waals surface area contributed by atoms with Crippen molar-refractivity contribution in [2.75, 3.05) is 5.75 Å².